The topological polar surface area (TPSA) is 17.1 Å². The van der Waals surface area contributed by atoms with E-state index in [0.717, 1.165) is 17.4 Å². The lowest BCUT2D eigenvalue weighted by Crippen LogP contribution is -2.18. The fraction of sp³-hybridized carbons (Fsp3) is 0.211. The summed E-state index contributed by atoms with van der Waals surface area (Å²) < 4.78 is 0. The first-order valence-electron chi connectivity index (χ1n) is 6.83. The quantitative estimate of drug-likeness (QED) is 0.582. The van der Waals surface area contributed by atoms with Crippen molar-refractivity contribution in [2.24, 2.45) is 0 Å². The van der Waals surface area contributed by atoms with Crippen molar-refractivity contribution in [3.63, 3.8) is 0 Å². The van der Waals surface area contributed by atoms with E-state index in [0.29, 0.717) is 0 Å². The molecule has 0 fully saturated rings. The molecule has 0 bridgehead atoms. The average molecular weight is 264 g/mol. The zero-order valence-corrected chi connectivity index (χ0v) is 12.3. The Kier molecular flexibility index (Phi) is 4.19. The number of allylic oxidation sites excluding steroid dienone is 1. The molecule has 2 aromatic rings. The highest BCUT2D eigenvalue weighted by molar-refractivity contribution is 5.80. The maximum atomic E-state index is 10.7. The zero-order chi connectivity index (χ0) is 14.6. The number of carbonyl (C=O) groups excluding carboxylic acids is 1. The predicted octanol–water partition coefficient (Wildman–Crippen LogP) is 4.61. The minimum Gasteiger partial charge on any atom is -0.298 e. The molecule has 0 aliphatic heterocycles. The van der Waals surface area contributed by atoms with E-state index in [-0.39, 0.29) is 5.41 Å². The van der Waals surface area contributed by atoms with Crippen molar-refractivity contribution < 1.29 is 4.79 Å². The fourth-order valence-electron chi connectivity index (χ4n) is 2.31. The molecule has 0 spiro atoms. The zero-order valence-electron chi connectivity index (χ0n) is 12.3. The van der Waals surface area contributed by atoms with Crippen molar-refractivity contribution in [1.29, 1.82) is 0 Å². The van der Waals surface area contributed by atoms with E-state index >= 15 is 0 Å². The Morgan fingerprint density at radius 1 is 0.900 bits per heavy atom. The first kappa shape index (κ1) is 14.3. The van der Waals surface area contributed by atoms with Crippen LogP contribution in [0.3, 0.4) is 0 Å². The van der Waals surface area contributed by atoms with Crippen molar-refractivity contribution in [3.05, 3.63) is 76.9 Å². The summed E-state index contributed by atoms with van der Waals surface area (Å²) in [4.78, 5) is 10.7. The van der Waals surface area contributed by atoms with Gasteiger partial charge in [-0.2, -0.15) is 0 Å². The van der Waals surface area contributed by atoms with E-state index in [1.807, 2.05) is 19.1 Å². The lowest BCUT2D eigenvalue weighted by Gasteiger charge is -2.26. The van der Waals surface area contributed by atoms with Gasteiger partial charge in [0.1, 0.15) is 6.29 Å². The molecule has 0 aliphatic carbocycles. The van der Waals surface area contributed by atoms with E-state index in [9.17, 15) is 4.79 Å². The maximum Gasteiger partial charge on any atom is 0.145 e. The van der Waals surface area contributed by atoms with Crippen LogP contribution in [0.25, 0.3) is 6.08 Å². The Morgan fingerprint density at radius 3 is 2.00 bits per heavy atom. The summed E-state index contributed by atoms with van der Waals surface area (Å²) in [6, 6.07) is 18.9. The number of hydrogen-bond donors (Lipinski definition) is 0. The summed E-state index contributed by atoms with van der Waals surface area (Å²) in [7, 11) is 0. The third kappa shape index (κ3) is 3.05. The van der Waals surface area contributed by atoms with Crippen LogP contribution in [-0.4, -0.2) is 6.29 Å². The highest BCUT2D eigenvalue weighted by Gasteiger charge is 2.22. The van der Waals surface area contributed by atoms with Gasteiger partial charge in [0.2, 0.25) is 0 Å². The SMILES string of the molecule is CC(C=O)=Cc1ccc(C(C)(C)c2ccccc2)cc1. The molecule has 20 heavy (non-hydrogen) atoms. The van der Waals surface area contributed by atoms with Gasteiger partial charge in [-0.25, -0.2) is 0 Å². The average Bonchev–Trinajstić information content (AvgIpc) is 2.48. The molecule has 0 unspecified atom stereocenters. The Bertz CT molecular complexity index is 604. The number of aldehydes is 1. The van der Waals surface area contributed by atoms with Crippen molar-refractivity contribution in [2.75, 3.05) is 0 Å². The van der Waals surface area contributed by atoms with Gasteiger partial charge in [0.25, 0.3) is 0 Å². The van der Waals surface area contributed by atoms with Gasteiger partial charge in [0.05, 0.1) is 0 Å². The summed E-state index contributed by atoms with van der Waals surface area (Å²) >= 11 is 0. The van der Waals surface area contributed by atoms with Crippen LogP contribution >= 0.6 is 0 Å². The standard InChI is InChI=1S/C19H20O/c1-15(14-20)13-16-9-11-18(12-10-16)19(2,3)17-7-5-4-6-8-17/h4-14H,1-3H3. The van der Waals surface area contributed by atoms with E-state index in [4.69, 9.17) is 0 Å². The molecule has 0 N–H and O–H groups in total. The smallest absolute Gasteiger partial charge is 0.145 e. The molecule has 0 aliphatic rings. The normalized spacial score (nSPS) is 12.2. The van der Waals surface area contributed by atoms with Gasteiger partial charge >= 0.3 is 0 Å². The minimum absolute atomic E-state index is 0.0246. The molecule has 0 radical (unpaired) electrons. The first-order valence-corrected chi connectivity index (χ1v) is 6.83. The lowest BCUT2D eigenvalue weighted by molar-refractivity contribution is -0.104. The largest absolute Gasteiger partial charge is 0.298 e. The van der Waals surface area contributed by atoms with Crippen LogP contribution in [0.15, 0.2) is 60.2 Å². The molecule has 102 valence electrons. The van der Waals surface area contributed by atoms with Crippen LogP contribution in [0.4, 0.5) is 0 Å². The van der Waals surface area contributed by atoms with Gasteiger partial charge in [-0.3, -0.25) is 4.79 Å². The Balaban J connectivity index is 2.32. The van der Waals surface area contributed by atoms with Crippen LogP contribution in [0, 0.1) is 0 Å². The van der Waals surface area contributed by atoms with Gasteiger partial charge in [-0.15, -0.1) is 0 Å². The second-order valence-corrected chi connectivity index (χ2v) is 5.62. The molecule has 2 rings (SSSR count). The Morgan fingerprint density at radius 2 is 1.45 bits per heavy atom. The Hall–Kier alpha value is -2.15. The van der Waals surface area contributed by atoms with Gasteiger partial charge in [-0.1, -0.05) is 68.4 Å². The molecule has 0 saturated heterocycles. The van der Waals surface area contributed by atoms with Crippen molar-refractivity contribution in [2.45, 2.75) is 26.2 Å². The summed E-state index contributed by atoms with van der Waals surface area (Å²) in [5, 5.41) is 0. The van der Waals surface area contributed by atoms with Crippen LogP contribution in [0.1, 0.15) is 37.5 Å². The van der Waals surface area contributed by atoms with Crippen molar-refractivity contribution in [3.8, 4) is 0 Å². The summed E-state index contributed by atoms with van der Waals surface area (Å²) in [5.74, 6) is 0. The summed E-state index contributed by atoms with van der Waals surface area (Å²) in [5.41, 5.74) is 4.34. The second kappa shape index (κ2) is 5.87. The van der Waals surface area contributed by atoms with Crippen LogP contribution in [-0.2, 0) is 10.2 Å². The van der Waals surface area contributed by atoms with E-state index < -0.39 is 0 Å². The Labute approximate surface area is 121 Å². The molecule has 0 saturated carbocycles. The van der Waals surface area contributed by atoms with Gasteiger partial charge in [-0.05, 0) is 35.3 Å². The number of hydrogen-bond acceptors (Lipinski definition) is 1. The molecular formula is C19H20O. The summed E-state index contributed by atoms with van der Waals surface area (Å²) in [6.45, 7) is 6.27. The van der Waals surface area contributed by atoms with Crippen molar-refractivity contribution in [1.82, 2.24) is 0 Å². The van der Waals surface area contributed by atoms with Crippen LogP contribution in [0.5, 0.6) is 0 Å². The van der Waals surface area contributed by atoms with E-state index in [1.165, 1.54) is 11.1 Å². The number of rotatable bonds is 4. The highest BCUT2D eigenvalue weighted by Crippen LogP contribution is 2.31. The highest BCUT2D eigenvalue weighted by atomic mass is 16.1. The molecule has 2 aromatic carbocycles. The predicted molar refractivity (Wildman–Crippen MR) is 84.7 cm³/mol. The number of carbonyl (C=O) groups is 1. The van der Waals surface area contributed by atoms with Gasteiger partial charge in [0, 0.05) is 5.41 Å². The first-order chi connectivity index (χ1) is 9.54. The maximum absolute atomic E-state index is 10.7. The second-order valence-electron chi connectivity index (χ2n) is 5.62. The van der Waals surface area contributed by atoms with Crippen LogP contribution < -0.4 is 0 Å². The monoisotopic (exact) mass is 264 g/mol. The molecule has 0 heterocycles. The molecule has 1 heteroatoms. The third-order valence-corrected chi connectivity index (χ3v) is 3.71. The van der Waals surface area contributed by atoms with Gasteiger partial charge < -0.3 is 0 Å². The van der Waals surface area contributed by atoms with Crippen molar-refractivity contribution >= 4 is 12.4 Å². The fourth-order valence-corrected chi connectivity index (χ4v) is 2.31. The molecule has 1 nitrogen and oxygen atoms in total. The van der Waals surface area contributed by atoms with E-state index in [2.05, 4.69) is 62.4 Å². The third-order valence-electron chi connectivity index (χ3n) is 3.71. The molecular weight excluding hydrogens is 244 g/mol. The summed E-state index contributed by atoms with van der Waals surface area (Å²) in [6.07, 6.45) is 2.77. The van der Waals surface area contributed by atoms with E-state index in [1.54, 1.807) is 0 Å². The minimum atomic E-state index is -0.0246. The number of benzene rings is 2. The van der Waals surface area contributed by atoms with Gasteiger partial charge in [0.15, 0.2) is 0 Å². The lowest BCUT2D eigenvalue weighted by atomic mass is 9.78. The molecule has 0 amide bonds. The molecule has 0 aromatic heterocycles. The van der Waals surface area contributed by atoms with Crippen LogP contribution in [0.2, 0.25) is 0 Å². The molecule has 0 atom stereocenters.